The molecule has 0 saturated heterocycles. The fourth-order valence-electron chi connectivity index (χ4n) is 4.98. The average molecular weight is 588 g/mol. The van der Waals surface area contributed by atoms with Crippen molar-refractivity contribution in [2.24, 2.45) is 4.99 Å². The van der Waals surface area contributed by atoms with Gasteiger partial charge in [-0.2, -0.15) is 0 Å². The number of nitro benzene ring substituents is 1. The highest BCUT2D eigenvalue weighted by Gasteiger charge is 2.35. The Hall–Kier alpha value is -4.97. The Kier molecular flexibility index (Phi) is 7.21. The second-order valence-electron chi connectivity index (χ2n) is 9.53. The molecule has 0 aliphatic carbocycles. The highest BCUT2D eigenvalue weighted by molar-refractivity contribution is 7.07. The number of rotatable bonds is 8. The molecule has 0 saturated carbocycles. The van der Waals surface area contributed by atoms with Crippen LogP contribution in [-0.2, 0) is 9.53 Å². The molecule has 6 rings (SSSR count). The lowest BCUT2D eigenvalue weighted by molar-refractivity contribution is -0.384. The maximum absolute atomic E-state index is 14.0. The molecule has 0 fully saturated rings. The maximum Gasteiger partial charge on any atom is 0.338 e. The van der Waals surface area contributed by atoms with Gasteiger partial charge in [0.25, 0.3) is 11.2 Å². The molecule has 11 nitrogen and oxygen atoms in total. The van der Waals surface area contributed by atoms with Crippen LogP contribution in [0.5, 0.6) is 11.5 Å². The quantitative estimate of drug-likeness (QED) is 0.167. The van der Waals surface area contributed by atoms with E-state index < -0.39 is 16.9 Å². The number of non-ortho nitro benzene ring substituents is 1. The van der Waals surface area contributed by atoms with Crippen molar-refractivity contribution in [3.05, 3.63) is 107 Å². The summed E-state index contributed by atoms with van der Waals surface area (Å²) in [6.45, 7) is 4.00. The van der Waals surface area contributed by atoms with Crippen LogP contribution in [0.15, 0.2) is 80.1 Å². The maximum atomic E-state index is 14.0. The Morgan fingerprint density at radius 1 is 1.14 bits per heavy atom. The van der Waals surface area contributed by atoms with E-state index in [1.807, 2.05) is 13.0 Å². The van der Waals surface area contributed by atoms with E-state index in [-0.39, 0.29) is 24.6 Å². The van der Waals surface area contributed by atoms with Crippen LogP contribution in [0.25, 0.3) is 17.4 Å². The number of esters is 1. The van der Waals surface area contributed by atoms with Crippen molar-refractivity contribution in [1.29, 1.82) is 0 Å². The molecule has 0 N–H and O–H groups in total. The van der Waals surface area contributed by atoms with Crippen molar-refractivity contribution >= 4 is 29.1 Å². The van der Waals surface area contributed by atoms with Gasteiger partial charge in [0.1, 0.15) is 11.5 Å². The number of carbonyl (C=O) groups is 1. The Labute approximate surface area is 242 Å². The van der Waals surface area contributed by atoms with E-state index in [0.717, 1.165) is 6.42 Å². The fraction of sp³-hybridized carbons (Fsp3) is 0.233. The van der Waals surface area contributed by atoms with E-state index >= 15 is 0 Å². The number of aromatic nitrogens is 1. The lowest BCUT2D eigenvalue weighted by atomic mass is 9.94. The van der Waals surface area contributed by atoms with E-state index in [4.69, 9.17) is 23.6 Å². The summed E-state index contributed by atoms with van der Waals surface area (Å²) >= 11 is 1.20. The lowest BCUT2D eigenvalue weighted by Crippen LogP contribution is -2.40. The van der Waals surface area contributed by atoms with Gasteiger partial charge in [-0.3, -0.25) is 19.5 Å². The third-order valence-corrected chi connectivity index (χ3v) is 7.85. The summed E-state index contributed by atoms with van der Waals surface area (Å²) in [5.41, 5.74) is 1.85. The fourth-order valence-corrected chi connectivity index (χ4v) is 5.98. The monoisotopic (exact) mass is 587 g/mol. The molecule has 42 heavy (non-hydrogen) atoms. The molecule has 1 atom stereocenters. The van der Waals surface area contributed by atoms with Crippen molar-refractivity contribution < 1.29 is 28.3 Å². The molecular weight excluding hydrogens is 562 g/mol. The summed E-state index contributed by atoms with van der Waals surface area (Å²) in [5.74, 6) is 1.51. The summed E-state index contributed by atoms with van der Waals surface area (Å²) in [4.78, 5) is 43.0. The highest BCUT2D eigenvalue weighted by Crippen LogP contribution is 2.39. The first-order chi connectivity index (χ1) is 20.4. The number of allylic oxidation sites excluding steroid dienone is 1. The largest absolute Gasteiger partial charge is 0.463 e. The molecule has 2 aliphatic heterocycles. The Balaban J connectivity index is 1.47. The molecule has 0 radical (unpaired) electrons. The zero-order valence-corrected chi connectivity index (χ0v) is 23.5. The smallest absolute Gasteiger partial charge is 0.338 e. The zero-order valence-electron chi connectivity index (χ0n) is 22.7. The van der Waals surface area contributed by atoms with Gasteiger partial charge in [0, 0.05) is 23.8 Å². The topological polar surface area (TPSA) is 135 Å². The van der Waals surface area contributed by atoms with Crippen LogP contribution in [0.4, 0.5) is 5.69 Å². The van der Waals surface area contributed by atoms with Gasteiger partial charge < -0.3 is 18.6 Å². The molecule has 1 unspecified atom stereocenters. The number of benzene rings is 2. The number of carbonyl (C=O) groups excluding carboxylic acids is 1. The van der Waals surface area contributed by atoms with E-state index in [2.05, 4.69) is 0 Å². The van der Waals surface area contributed by atoms with E-state index in [1.54, 1.807) is 49.4 Å². The van der Waals surface area contributed by atoms with Crippen LogP contribution in [0.3, 0.4) is 0 Å². The predicted molar refractivity (Wildman–Crippen MR) is 153 cm³/mol. The summed E-state index contributed by atoms with van der Waals surface area (Å²) in [6.07, 6.45) is 2.89. The van der Waals surface area contributed by atoms with Crippen LogP contribution < -0.4 is 24.4 Å². The van der Waals surface area contributed by atoms with Gasteiger partial charge >= 0.3 is 5.97 Å². The second-order valence-corrected chi connectivity index (χ2v) is 10.5. The van der Waals surface area contributed by atoms with Gasteiger partial charge in [-0.05, 0) is 55.3 Å². The number of hydrogen-bond donors (Lipinski definition) is 0. The van der Waals surface area contributed by atoms with Crippen LogP contribution in [0.2, 0.25) is 0 Å². The van der Waals surface area contributed by atoms with Crippen molar-refractivity contribution in [3.63, 3.8) is 0 Å². The van der Waals surface area contributed by atoms with E-state index in [0.29, 0.717) is 61.2 Å². The summed E-state index contributed by atoms with van der Waals surface area (Å²) in [6, 6.07) is 14.0. The molecule has 0 spiro atoms. The van der Waals surface area contributed by atoms with Crippen LogP contribution >= 0.6 is 11.3 Å². The van der Waals surface area contributed by atoms with Crippen molar-refractivity contribution in [2.45, 2.75) is 32.7 Å². The van der Waals surface area contributed by atoms with Gasteiger partial charge in [-0.1, -0.05) is 30.7 Å². The van der Waals surface area contributed by atoms with Crippen LogP contribution in [0.1, 0.15) is 44.1 Å². The number of nitro groups is 1. The molecule has 0 amide bonds. The Morgan fingerprint density at radius 2 is 1.93 bits per heavy atom. The minimum atomic E-state index is -0.786. The zero-order chi connectivity index (χ0) is 29.4. The van der Waals surface area contributed by atoms with Crippen LogP contribution in [-0.4, -0.2) is 28.9 Å². The van der Waals surface area contributed by atoms with Gasteiger partial charge in [-0.25, -0.2) is 9.79 Å². The molecular formula is C30H25N3O8S. The molecule has 2 aliphatic rings. The normalized spacial score (nSPS) is 15.9. The number of fused-ring (bicyclic) bond motifs is 2. The number of ether oxygens (including phenoxy) is 3. The second kappa shape index (κ2) is 11.1. The van der Waals surface area contributed by atoms with Gasteiger partial charge in [0.15, 0.2) is 16.3 Å². The minimum absolute atomic E-state index is 0.0201. The number of furan rings is 1. The average Bonchev–Trinajstić information content (AvgIpc) is 3.72. The van der Waals surface area contributed by atoms with E-state index in [1.165, 1.54) is 28.0 Å². The van der Waals surface area contributed by atoms with Crippen molar-refractivity contribution in [1.82, 2.24) is 4.57 Å². The first-order valence-electron chi connectivity index (χ1n) is 13.3. The van der Waals surface area contributed by atoms with Crippen LogP contribution in [0, 0.1) is 10.1 Å². The summed E-state index contributed by atoms with van der Waals surface area (Å²) in [7, 11) is 0. The van der Waals surface area contributed by atoms with Gasteiger partial charge in [0.05, 0.1) is 33.4 Å². The molecule has 2 aromatic carbocycles. The van der Waals surface area contributed by atoms with Gasteiger partial charge in [-0.15, -0.1) is 0 Å². The summed E-state index contributed by atoms with van der Waals surface area (Å²) in [5, 5.41) is 11.0. The molecule has 2 aromatic heterocycles. The predicted octanol–water partition coefficient (Wildman–Crippen LogP) is 4.48. The number of thiazole rings is 1. The highest BCUT2D eigenvalue weighted by atomic mass is 32.1. The standard InChI is InChI=1S/C30H25N3O8S/c1-3-5-21-26(29(35)38-4-2)27(18-8-12-23-24(14-18)40-16-39-23)32-28(34)25(42-30(32)31-21)15-20-11-13-22(41-20)17-6-9-19(10-7-17)33(36)37/h6-15,27H,3-5,16H2,1-2H3/b25-15-. The first-order valence-corrected chi connectivity index (χ1v) is 14.2. The van der Waals surface area contributed by atoms with E-state index in [9.17, 15) is 19.7 Å². The molecule has 12 heteroatoms. The third-order valence-electron chi connectivity index (χ3n) is 6.87. The molecule has 4 aromatic rings. The SMILES string of the molecule is CCCC1=C(C(=O)OCC)C(c2ccc3c(c2)OCO3)n2c(s/c(=C\c3ccc(-c4ccc([N+](=O)[O-])cc4)o3)c2=O)=N1. The minimum Gasteiger partial charge on any atom is -0.463 e. The van der Waals surface area contributed by atoms with Gasteiger partial charge in [0.2, 0.25) is 6.79 Å². The number of nitrogens with zero attached hydrogens (tertiary/aromatic N) is 3. The molecule has 4 heterocycles. The lowest BCUT2D eigenvalue weighted by Gasteiger charge is -2.25. The molecule has 214 valence electrons. The summed E-state index contributed by atoms with van der Waals surface area (Å²) < 4.78 is 24.3. The Morgan fingerprint density at radius 3 is 2.67 bits per heavy atom. The third kappa shape index (κ3) is 4.90. The first kappa shape index (κ1) is 27.2. The van der Waals surface area contributed by atoms with Crippen molar-refractivity contribution in [3.8, 4) is 22.8 Å². The number of hydrogen-bond acceptors (Lipinski definition) is 10. The molecule has 0 bridgehead atoms. The van der Waals surface area contributed by atoms with Crippen molar-refractivity contribution in [2.75, 3.05) is 13.4 Å². The Bertz CT molecular complexity index is 1920.